The number of halogens is 1. The van der Waals surface area contributed by atoms with Gasteiger partial charge in [0.05, 0.1) is 33.1 Å². The van der Waals surface area contributed by atoms with Crippen molar-refractivity contribution in [3.63, 3.8) is 0 Å². The fourth-order valence-corrected chi connectivity index (χ4v) is 4.02. The molecule has 2 aromatic carbocycles. The van der Waals surface area contributed by atoms with E-state index in [1.807, 2.05) is 25.1 Å². The highest BCUT2D eigenvalue weighted by Crippen LogP contribution is 2.40. The summed E-state index contributed by atoms with van der Waals surface area (Å²) in [6.45, 7) is 2.74. The zero-order valence-corrected chi connectivity index (χ0v) is 18.0. The van der Waals surface area contributed by atoms with Crippen molar-refractivity contribution in [2.24, 2.45) is 0 Å². The number of amides is 1. The third-order valence-corrected chi connectivity index (χ3v) is 5.62. The Hall–Kier alpha value is -2.44. The Kier molecular flexibility index (Phi) is 6.87. The van der Waals surface area contributed by atoms with Gasteiger partial charge in [0.1, 0.15) is 17.2 Å². The molecular formula is C22H27ClN2O4. The first-order valence-electron chi connectivity index (χ1n) is 9.60. The lowest BCUT2D eigenvalue weighted by Crippen LogP contribution is -2.41. The van der Waals surface area contributed by atoms with Crippen molar-refractivity contribution in [1.82, 2.24) is 4.90 Å². The lowest BCUT2D eigenvalue weighted by molar-refractivity contribution is -0.121. The van der Waals surface area contributed by atoms with Crippen LogP contribution in [-0.4, -0.2) is 44.7 Å². The number of nitrogens with one attached hydrogen (secondary N) is 1. The fourth-order valence-electron chi connectivity index (χ4n) is 3.85. The van der Waals surface area contributed by atoms with Crippen molar-refractivity contribution >= 4 is 23.2 Å². The number of likely N-dealkylation sites (tertiary alicyclic amines) is 1. The topological polar surface area (TPSA) is 60.0 Å². The molecule has 156 valence electrons. The summed E-state index contributed by atoms with van der Waals surface area (Å²) in [5.74, 6) is 2.03. The molecule has 6 nitrogen and oxygen atoms in total. The molecule has 1 heterocycles. The second-order valence-electron chi connectivity index (χ2n) is 7.01. The summed E-state index contributed by atoms with van der Waals surface area (Å²) in [7, 11) is 4.87. The summed E-state index contributed by atoms with van der Waals surface area (Å²) in [5, 5.41) is 3.49. The van der Waals surface area contributed by atoms with Crippen molar-refractivity contribution in [3.8, 4) is 17.2 Å². The zero-order valence-electron chi connectivity index (χ0n) is 17.2. The van der Waals surface area contributed by atoms with Gasteiger partial charge in [0.15, 0.2) is 0 Å². The molecule has 7 heteroatoms. The van der Waals surface area contributed by atoms with Gasteiger partial charge in [0.25, 0.3) is 0 Å². The first-order chi connectivity index (χ1) is 14.0. The number of hydrogen-bond donors (Lipinski definition) is 1. The van der Waals surface area contributed by atoms with E-state index in [1.165, 1.54) is 0 Å². The average molecular weight is 419 g/mol. The van der Waals surface area contributed by atoms with Gasteiger partial charge in [0.2, 0.25) is 5.91 Å². The normalized spacial score (nSPS) is 17.6. The summed E-state index contributed by atoms with van der Waals surface area (Å²) in [6.07, 6.45) is 1.95. The Bertz CT molecular complexity index is 874. The molecule has 0 unspecified atom stereocenters. The van der Waals surface area contributed by atoms with E-state index in [-0.39, 0.29) is 18.0 Å². The number of benzene rings is 2. The first-order valence-corrected chi connectivity index (χ1v) is 9.98. The second kappa shape index (κ2) is 9.37. The molecule has 0 bridgehead atoms. The van der Waals surface area contributed by atoms with E-state index < -0.39 is 0 Å². The van der Waals surface area contributed by atoms with E-state index in [2.05, 4.69) is 10.2 Å². The molecule has 2 aromatic rings. The molecule has 1 saturated heterocycles. The third-order valence-electron chi connectivity index (χ3n) is 5.39. The Morgan fingerprint density at radius 2 is 1.83 bits per heavy atom. The zero-order chi connectivity index (χ0) is 21.0. The monoisotopic (exact) mass is 418 g/mol. The molecule has 1 fully saturated rings. The highest BCUT2D eigenvalue weighted by atomic mass is 35.5. The van der Waals surface area contributed by atoms with Gasteiger partial charge in [-0.25, -0.2) is 0 Å². The van der Waals surface area contributed by atoms with Crippen molar-refractivity contribution in [2.45, 2.75) is 31.8 Å². The number of methoxy groups -OCH3 is 3. The van der Waals surface area contributed by atoms with E-state index in [9.17, 15) is 4.79 Å². The molecule has 1 aliphatic rings. The molecular weight excluding hydrogens is 392 g/mol. The number of rotatable bonds is 7. The van der Waals surface area contributed by atoms with E-state index in [0.29, 0.717) is 16.5 Å². The quantitative estimate of drug-likeness (QED) is 0.715. The fraction of sp³-hybridized carbons (Fsp3) is 0.409. The summed E-state index contributed by atoms with van der Waals surface area (Å²) >= 11 is 6.09. The van der Waals surface area contributed by atoms with Gasteiger partial charge in [-0.1, -0.05) is 11.6 Å². The van der Waals surface area contributed by atoms with E-state index >= 15 is 0 Å². The highest BCUT2D eigenvalue weighted by molar-refractivity contribution is 6.31. The number of anilines is 1. The van der Waals surface area contributed by atoms with Crippen LogP contribution in [0, 0.1) is 0 Å². The van der Waals surface area contributed by atoms with Crippen LogP contribution in [0.1, 0.15) is 31.4 Å². The van der Waals surface area contributed by atoms with Gasteiger partial charge in [-0.15, -0.1) is 0 Å². The van der Waals surface area contributed by atoms with Gasteiger partial charge in [-0.2, -0.15) is 0 Å². The van der Waals surface area contributed by atoms with Crippen LogP contribution in [0.25, 0.3) is 0 Å². The van der Waals surface area contributed by atoms with E-state index in [4.69, 9.17) is 25.8 Å². The molecule has 29 heavy (non-hydrogen) atoms. The maximum absolute atomic E-state index is 13.0. The maximum Gasteiger partial charge on any atom is 0.241 e. The average Bonchev–Trinajstić information content (AvgIpc) is 3.22. The number of nitrogens with zero attached hydrogens (tertiary/aromatic N) is 1. The smallest absolute Gasteiger partial charge is 0.241 e. The van der Waals surface area contributed by atoms with E-state index in [0.717, 1.165) is 36.4 Å². The molecule has 1 N–H and O–H groups in total. The van der Waals surface area contributed by atoms with Crippen molar-refractivity contribution in [3.05, 3.63) is 47.0 Å². The molecule has 1 amide bonds. The summed E-state index contributed by atoms with van der Waals surface area (Å²) in [6, 6.07) is 10.7. The predicted octanol–water partition coefficient (Wildman–Crippen LogP) is 4.53. The lowest BCUT2D eigenvalue weighted by Gasteiger charge is -2.31. The molecule has 2 atom stereocenters. The molecule has 3 rings (SSSR count). The van der Waals surface area contributed by atoms with Gasteiger partial charge in [-0.05, 0) is 62.7 Å². The van der Waals surface area contributed by atoms with Gasteiger partial charge >= 0.3 is 0 Å². The molecule has 0 aliphatic carbocycles. The minimum absolute atomic E-state index is 0.0713. The summed E-state index contributed by atoms with van der Waals surface area (Å²) < 4.78 is 16.3. The maximum atomic E-state index is 13.0. The van der Waals surface area contributed by atoms with Crippen LogP contribution in [0.4, 0.5) is 5.69 Å². The van der Waals surface area contributed by atoms with Crippen molar-refractivity contribution < 1.29 is 19.0 Å². The minimum atomic E-state index is -0.345. The van der Waals surface area contributed by atoms with Crippen molar-refractivity contribution in [1.29, 1.82) is 0 Å². The Balaban J connectivity index is 1.82. The molecule has 0 radical (unpaired) electrons. The summed E-state index contributed by atoms with van der Waals surface area (Å²) in [5.41, 5.74) is 1.59. The Morgan fingerprint density at radius 1 is 1.10 bits per heavy atom. The van der Waals surface area contributed by atoms with Gasteiger partial charge in [-0.3, -0.25) is 9.69 Å². The van der Waals surface area contributed by atoms with Gasteiger partial charge in [0, 0.05) is 16.6 Å². The predicted molar refractivity (Wildman–Crippen MR) is 114 cm³/mol. The first kappa shape index (κ1) is 21.3. The van der Waals surface area contributed by atoms with Crippen LogP contribution in [-0.2, 0) is 4.79 Å². The Labute approximate surface area is 176 Å². The molecule has 0 aromatic heterocycles. The standard InChI is InChI=1S/C22H27ClN2O4/c1-14(22(26)24-18-12-15(23)7-9-21(18)29-4)25-11-5-6-19(25)17-13-16(27-2)8-10-20(17)28-3/h7-10,12-14,19H,5-6,11H2,1-4H3,(H,24,26)/t14-,19+/m0/s1. The second-order valence-corrected chi connectivity index (χ2v) is 7.45. The van der Waals surface area contributed by atoms with Crippen LogP contribution >= 0.6 is 11.6 Å². The van der Waals surface area contributed by atoms with E-state index in [1.54, 1.807) is 39.5 Å². The third kappa shape index (κ3) is 4.60. The largest absolute Gasteiger partial charge is 0.497 e. The van der Waals surface area contributed by atoms with Crippen LogP contribution in [0.2, 0.25) is 5.02 Å². The highest BCUT2D eigenvalue weighted by Gasteiger charge is 2.35. The van der Waals surface area contributed by atoms with Crippen LogP contribution < -0.4 is 19.5 Å². The summed E-state index contributed by atoms with van der Waals surface area (Å²) in [4.78, 5) is 15.2. The number of ether oxygens (including phenoxy) is 3. The SMILES string of the molecule is COc1ccc(OC)c([C@H]2CCCN2[C@@H](C)C(=O)Nc2cc(Cl)ccc2OC)c1. The molecule has 1 aliphatic heterocycles. The van der Waals surface area contributed by atoms with Crippen LogP contribution in [0.15, 0.2) is 36.4 Å². The van der Waals surface area contributed by atoms with Crippen LogP contribution in [0.3, 0.4) is 0 Å². The van der Waals surface area contributed by atoms with Crippen molar-refractivity contribution in [2.75, 3.05) is 33.2 Å². The molecule has 0 saturated carbocycles. The Morgan fingerprint density at radius 3 is 2.52 bits per heavy atom. The number of carbonyl (C=O) groups is 1. The minimum Gasteiger partial charge on any atom is -0.497 e. The number of hydrogen-bond acceptors (Lipinski definition) is 5. The lowest BCUT2D eigenvalue weighted by atomic mass is 10.0. The van der Waals surface area contributed by atoms with Crippen LogP contribution in [0.5, 0.6) is 17.2 Å². The molecule has 0 spiro atoms. The number of carbonyl (C=O) groups excluding carboxylic acids is 1. The van der Waals surface area contributed by atoms with Gasteiger partial charge < -0.3 is 19.5 Å².